The molecule has 5 rings (SSSR count). The van der Waals surface area contributed by atoms with Gasteiger partial charge in [-0.05, 0) is 47.9 Å². The third kappa shape index (κ3) is 5.51. The van der Waals surface area contributed by atoms with E-state index in [9.17, 15) is 4.79 Å². The van der Waals surface area contributed by atoms with E-state index >= 15 is 0 Å². The van der Waals surface area contributed by atoms with Gasteiger partial charge in [-0.15, -0.1) is 0 Å². The number of aliphatic carboxylic acids is 1. The van der Waals surface area contributed by atoms with Gasteiger partial charge in [0.25, 0.3) is 0 Å². The van der Waals surface area contributed by atoms with Crippen LogP contribution in [0.4, 0.5) is 5.82 Å². The number of anilines is 1. The number of halogens is 1. The molecule has 10 heteroatoms. The Labute approximate surface area is 216 Å². The van der Waals surface area contributed by atoms with Crippen LogP contribution in [0, 0.1) is 0 Å². The highest BCUT2D eigenvalue weighted by Crippen LogP contribution is 2.35. The molecular weight excluding hydrogens is 524 g/mol. The van der Waals surface area contributed by atoms with Gasteiger partial charge < -0.3 is 20.5 Å². The summed E-state index contributed by atoms with van der Waals surface area (Å²) in [7, 11) is 0. The van der Waals surface area contributed by atoms with Crippen LogP contribution in [0.2, 0.25) is 0 Å². The van der Waals surface area contributed by atoms with Crippen molar-refractivity contribution in [3.05, 3.63) is 65.2 Å². The summed E-state index contributed by atoms with van der Waals surface area (Å²) >= 11 is 3.57. The first-order valence-electron chi connectivity index (χ1n) is 11.7. The molecule has 0 amide bonds. The van der Waals surface area contributed by atoms with Crippen molar-refractivity contribution in [3.63, 3.8) is 0 Å². The normalized spacial score (nSPS) is 15.6. The van der Waals surface area contributed by atoms with Gasteiger partial charge in [-0.3, -0.25) is 9.78 Å². The van der Waals surface area contributed by atoms with Gasteiger partial charge in [0, 0.05) is 42.3 Å². The molecule has 184 valence electrons. The molecule has 1 aliphatic heterocycles. The monoisotopic (exact) mass is 548 g/mol. The zero-order valence-electron chi connectivity index (χ0n) is 19.4. The van der Waals surface area contributed by atoms with Crippen LogP contribution in [0.5, 0.6) is 0 Å². The summed E-state index contributed by atoms with van der Waals surface area (Å²) in [6, 6.07) is 14.0. The molecule has 9 nitrogen and oxygen atoms in total. The van der Waals surface area contributed by atoms with Crippen LogP contribution in [0.1, 0.15) is 24.6 Å². The van der Waals surface area contributed by atoms with Crippen LogP contribution in [0.15, 0.2) is 59.5 Å². The Morgan fingerprint density at radius 3 is 2.83 bits per heavy atom. The van der Waals surface area contributed by atoms with Gasteiger partial charge in [-0.2, -0.15) is 0 Å². The van der Waals surface area contributed by atoms with Crippen LogP contribution < -0.4 is 10.6 Å². The van der Waals surface area contributed by atoms with Crippen molar-refractivity contribution < 1.29 is 14.6 Å². The third-order valence-electron chi connectivity index (χ3n) is 5.94. The largest absolute Gasteiger partial charge is 0.481 e. The summed E-state index contributed by atoms with van der Waals surface area (Å²) in [6.07, 6.45) is 3.80. The molecule has 1 atom stereocenters. The number of hydrogen-bond donors (Lipinski definition) is 3. The number of nitrogens with zero attached hydrogens (tertiary/aromatic N) is 4. The summed E-state index contributed by atoms with van der Waals surface area (Å²) in [5.74, 6) is -0.203. The highest BCUT2D eigenvalue weighted by Gasteiger charge is 2.18. The standard InChI is InChI=1S/C26H25BrN6O3/c27-18-4-1-3-16(11-18)19-12-21(17-6-7-20(30-13-17)22-14-28-9-10-36-22)33-26-24(19)25(31-15-32-26)29-8-2-5-23(34)35/h1,3-4,6-7,11-13,15,22,28H,2,5,8-10,14H2,(H,34,35)(H,29,31,32,33). The second-order valence-corrected chi connectivity index (χ2v) is 9.36. The van der Waals surface area contributed by atoms with E-state index in [0.29, 0.717) is 31.0 Å². The molecule has 0 aliphatic carbocycles. The number of aromatic nitrogens is 4. The highest BCUT2D eigenvalue weighted by molar-refractivity contribution is 9.10. The van der Waals surface area contributed by atoms with Crippen molar-refractivity contribution in [2.75, 3.05) is 31.6 Å². The van der Waals surface area contributed by atoms with Crippen molar-refractivity contribution in [2.24, 2.45) is 0 Å². The van der Waals surface area contributed by atoms with Crippen LogP contribution in [0.3, 0.4) is 0 Å². The fourth-order valence-corrected chi connectivity index (χ4v) is 4.58. The van der Waals surface area contributed by atoms with Crippen LogP contribution >= 0.6 is 15.9 Å². The van der Waals surface area contributed by atoms with Crippen LogP contribution in [-0.4, -0.2) is 57.3 Å². The summed E-state index contributed by atoms with van der Waals surface area (Å²) in [5, 5.41) is 16.3. The fraction of sp³-hybridized carbons (Fsp3) is 0.269. The molecule has 1 aromatic carbocycles. The number of fused-ring (bicyclic) bond motifs is 1. The summed E-state index contributed by atoms with van der Waals surface area (Å²) < 4.78 is 6.77. The molecule has 0 radical (unpaired) electrons. The lowest BCUT2D eigenvalue weighted by atomic mass is 10.00. The minimum Gasteiger partial charge on any atom is -0.481 e. The fourth-order valence-electron chi connectivity index (χ4n) is 4.18. The molecule has 3 N–H and O–H groups in total. The van der Waals surface area contributed by atoms with E-state index in [2.05, 4.69) is 41.5 Å². The number of rotatable bonds is 8. The maximum Gasteiger partial charge on any atom is 0.303 e. The van der Waals surface area contributed by atoms with Crippen molar-refractivity contribution >= 4 is 38.8 Å². The lowest BCUT2D eigenvalue weighted by Crippen LogP contribution is -2.33. The second kappa shape index (κ2) is 11.1. The van der Waals surface area contributed by atoms with E-state index in [0.717, 1.165) is 51.0 Å². The zero-order valence-corrected chi connectivity index (χ0v) is 21.0. The second-order valence-electron chi connectivity index (χ2n) is 8.45. The number of nitrogens with one attached hydrogen (secondary N) is 2. The number of benzene rings is 1. The Morgan fingerprint density at radius 2 is 2.08 bits per heavy atom. The summed E-state index contributed by atoms with van der Waals surface area (Å²) in [6.45, 7) is 2.74. The first-order chi connectivity index (χ1) is 17.6. The van der Waals surface area contributed by atoms with E-state index in [-0.39, 0.29) is 12.5 Å². The van der Waals surface area contributed by atoms with Crippen molar-refractivity contribution in [1.29, 1.82) is 0 Å². The number of carbonyl (C=O) groups is 1. The molecule has 0 saturated carbocycles. The molecule has 1 fully saturated rings. The predicted octanol–water partition coefficient (Wildman–Crippen LogP) is 4.45. The van der Waals surface area contributed by atoms with Crippen LogP contribution in [0.25, 0.3) is 33.4 Å². The summed E-state index contributed by atoms with van der Waals surface area (Å²) in [5.41, 5.74) is 4.94. The van der Waals surface area contributed by atoms with Crippen molar-refractivity contribution in [1.82, 2.24) is 25.3 Å². The topological polar surface area (TPSA) is 122 Å². The molecule has 3 aromatic heterocycles. The third-order valence-corrected chi connectivity index (χ3v) is 6.43. The van der Waals surface area contributed by atoms with Gasteiger partial charge in [0.05, 0.1) is 23.4 Å². The molecule has 0 spiro atoms. The Hall–Kier alpha value is -3.47. The van der Waals surface area contributed by atoms with Gasteiger partial charge >= 0.3 is 5.97 Å². The van der Waals surface area contributed by atoms with Gasteiger partial charge in [-0.25, -0.2) is 15.0 Å². The quantitative estimate of drug-likeness (QED) is 0.274. The average Bonchev–Trinajstić information content (AvgIpc) is 2.91. The first-order valence-corrected chi connectivity index (χ1v) is 12.5. The molecule has 1 aliphatic rings. The molecule has 1 saturated heterocycles. The maximum absolute atomic E-state index is 10.9. The first kappa shape index (κ1) is 24.2. The van der Waals surface area contributed by atoms with E-state index in [1.165, 1.54) is 6.33 Å². The summed E-state index contributed by atoms with van der Waals surface area (Å²) in [4.78, 5) is 29.3. The van der Waals surface area contributed by atoms with Crippen molar-refractivity contribution in [3.8, 4) is 22.4 Å². The highest BCUT2D eigenvalue weighted by atomic mass is 79.9. The Balaban J connectivity index is 1.55. The Kier molecular flexibility index (Phi) is 7.45. The number of morpholine rings is 1. The number of pyridine rings is 2. The maximum atomic E-state index is 10.9. The molecule has 4 heterocycles. The number of carboxylic acids is 1. The lowest BCUT2D eigenvalue weighted by Gasteiger charge is -2.23. The van der Waals surface area contributed by atoms with E-state index < -0.39 is 5.97 Å². The lowest BCUT2D eigenvalue weighted by molar-refractivity contribution is -0.137. The van der Waals surface area contributed by atoms with E-state index in [4.69, 9.17) is 14.8 Å². The van der Waals surface area contributed by atoms with Gasteiger partial charge in [0.2, 0.25) is 0 Å². The Bertz CT molecular complexity index is 1380. The smallest absolute Gasteiger partial charge is 0.303 e. The predicted molar refractivity (Wildman–Crippen MR) is 141 cm³/mol. The number of ether oxygens (including phenoxy) is 1. The molecule has 4 aromatic rings. The Morgan fingerprint density at radius 1 is 1.17 bits per heavy atom. The average molecular weight is 549 g/mol. The van der Waals surface area contributed by atoms with E-state index in [1.807, 2.05) is 48.7 Å². The van der Waals surface area contributed by atoms with Gasteiger partial charge in [-0.1, -0.05) is 28.1 Å². The minimum atomic E-state index is -0.823. The van der Waals surface area contributed by atoms with Gasteiger partial charge in [0.1, 0.15) is 18.2 Å². The van der Waals surface area contributed by atoms with Crippen LogP contribution in [-0.2, 0) is 9.53 Å². The van der Waals surface area contributed by atoms with E-state index in [1.54, 1.807) is 0 Å². The van der Waals surface area contributed by atoms with Gasteiger partial charge in [0.15, 0.2) is 5.65 Å². The molecule has 1 unspecified atom stereocenters. The van der Waals surface area contributed by atoms with Crippen molar-refractivity contribution in [2.45, 2.75) is 18.9 Å². The minimum absolute atomic E-state index is 0.0582. The SMILES string of the molecule is O=C(O)CCCNc1ncnc2nc(-c3ccc(C4CNCCO4)nc3)cc(-c3cccc(Br)c3)c12. The molecule has 36 heavy (non-hydrogen) atoms. The molecular formula is C26H25BrN6O3. The number of carboxylic acid groups (broad SMARTS) is 1. The zero-order chi connectivity index (χ0) is 24.9. The number of hydrogen-bond acceptors (Lipinski definition) is 8. The molecule has 0 bridgehead atoms.